The maximum atomic E-state index is 13.5. The molecule has 35 heavy (non-hydrogen) atoms. The molecule has 1 amide bonds. The molecule has 180 valence electrons. The van der Waals surface area contributed by atoms with Gasteiger partial charge in [0.2, 0.25) is 5.91 Å². The summed E-state index contributed by atoms with van der Waals surface area (Å²) in [5.41, 5.74) is 2.76. The molecule has 0 aliphatic rings. The summed E-state index contributed by atoms with van der Waals surface area (Å²) in [4.78, 5) is 26.5. The van der Waals surface area contributed by atoms with Crippen LogP contribution in [-0.4, -0.2) is 31.8 Å². The molecule has 4 aromatic rings. The van der Waals surface area contributed by atoms with Crippen molar-refractivity contribution in [3.8, 4) is 17.2 Å². The summed E-state index contributed by atoms with van der Waals surface area (Å²) in [6, 6.07) is 22.6. The number of hydrogen-bond acceptors (Lipinski definition) is 5. The number of aromatic nitrogens is 1. The quantitative estimate of drug-likeness (QED) is 0.389. The molecule has 0 saturated carbocycles. The maximum Gasteiger partial charge on any atom is 0.254 e. The highest BCUT2D eigenvalue weighted by Crippen LogP contribution is 2.26. The van der Waals surface area contributed by atoms with Gasteiger partial charge in [0.05, 0.1) is 26.8 Å². The summed E-state index contributed by atoms with van der Waals surface area (Å²) >= 11 is 0. The third-order valence-electron chi connectivity index (χ3n) is 5.84. The molecular weight excluding hydrogens is 444 g/mol. The van der Waals surface area contributed by atoms with Gasteiger partial charge < -0.3 is 19.5 Å². The molecule has 0 atom stereocenters. The highest BCUT2D eigenvalue weighted by atomic mass is 16.5. The van der Waals surface area contributed by atoms with E-state index < -0.39 is 0 Å². The number of carbonyl (C=O) groups excluding carboxylic acids is 1. The Labute approximate surface area is 203 Å². The Kier molecular flexibility index (Phi) is 7.35. The number of fused-ring (bicyclic) bond motifs is 1. The van der Waals surface area contributed by atoms with Gasteiger partial charge in [-0.05, 0) is 42.0 Å². The fraction of sp³-hybridized carbons (Fsp3) is 0.214. The number of anilines is 1. The third kappa shape index (κ3) is 5.63. The molecule has 1 aromatic heterocycles. The Balaban J connectivity index is 1.67. The van der Waals surface area contributed by atoms with Crippen molar-refractivity contribution in [3.63, 3.8) is 0 Å². The van der Waals surface area contributed by atoms with Crippen LogP contribution in [0.3, 0.4) is 0 Å². The van der Waals surface area contributed by atoms with Crippen molar-refractivity contribution in [1.82, 2.24) is 4.57 Å². The summed E-state index contributed by atoms with van der Waals surface area (Å²) in [5, 5.41) is 3.71. The van der Waals surface area contributed by atoms with Crippen molar-refractivity contribution >= 4 is 22.5 Å². The number of benzene rings is 3. The predicted molar refractivity (Wildman–Crippen MR) is 137 cm³/mol. The van der Waals surface area contributed by atoms with Crippen molar-refractivity contribution in [1.29, 1.82) is 0 Å². The molecule has 0 radical (unpaired) electrons. The minimum Gasteiger partial charge on any atom is -0.497 e. The summed E-state index contributed by atoms with van der Waals surface area (Å²) < 4.78 is 17.4. The molecule has 1 N–H and O–H groups in total. The molecule has 0 unspecified atom stereocenters. The Morgan fingerprint density at radius 2 is 1.49 bits per heavy atom. The first-order valence-corrected chi connectivity index (χ1v) is 11.3. The molecule has 1 heterocycles. The van der Waals surface area contributed by atoms with E-state index in [1.807, 2.05) is 48.5 Å². The van der Waals surface area contributed by atoms with Crippen molar-refractivity contribution < 1.29 is 19.0 Å². The van der Waals surface area contributed by atoms with Crippen LogP contribution in [0.15, 0.2) is 77.6 Å². The molecule has 0 aliphatic carbocycles. The lowest BCUT2D eigenvalue weighted by Gasteiger charge is -2.15. The van der Waals surface area contributed by atoms with Crippen LogP contribution in [0.25, 0.3) is 10.9 Å². The third-order valence-corrected chi connectivity index (χ3v) is 5.84. The Hall–Kier alpha value is -4.26. The fourth-order valence-electron chi connectivity index (χ4n) is 4.02. The SMILES string of the molecule is COc1cc(NC(=O)Cn2c(=O)c(CCc3ccccc3)cc3ccc(OC)cc32)cc(OC)c1. The number of hydrogen-bond donors (Lipinski definition) is 1. The molecule has 7 heteroatoms. The van der Waals surface area contributed by atoms with Crippen molar-refractivity contribution in [2.24, 2.45) is 0 Å². The van der Waals surface area contributed by atoms with E-state index >= 15 is 0 Å². The second kappa shape index (κ2) is 10.8. The van der Waals surface area contributed by atoms with E-state index in [2.05, 4.69) is 5.32 Å². The normalized spacial score (nSPS) is 10.7. The van der Waals surface area contributed by atoms with Gasteiger partial charge in [0.25, 0.3) is 5.56 Å². The van der Waals surface area contributed by atoms with Crippen LogP contribution < -0.4 is 25.1 Å². The van der Waals surface area contributed by atoms with Crippen molar-refractivity contribution in [2.45, 2.75) is 19.4 Å². The Morgan fingerprint density at radius 3 is 2.14 bits per heavy atom. The van der Waals surface area contributed by atoms with Crippen LogP contribution in [0.4, 0.5) is 5.69 Å². The van der Waals surface area contributed by atoms with Crippen LogP contribution in [0, 0.1) is 0 Å². The number of amides is 1. The lowest BCUT2D eigenvalue weighted by molar-refractivity contribution is -0.116. The van der Waals surface area contributed by atoms with Gasteiger partial charge in [-0.2, -0.15) is 0 Å². The highest BCUT2D eigenvalue weighted by molar-refractivity contribution is 5.92. The predicted octanol–water partition coefficient (Wildman–Crippen LogP) is 4.45. The number of methoxy groups -OCH3 is 3. The first kappa shape index (κ1) is 23.9. The van der Waals surface area contributed by atoms with Gasteiger partial charge in [-0.25, -0.2) is 0 Å². The average molecular weight is 473 g/mol. The van der Waals surface area contributed by atoms with Gasteiger partial charge >= 0.3 is 0 Å². The van der Waals surface area contributed by atoms with Crippen LogP contribution in [0.1, 0.15) is 11.1 Å². The van der Waals surface area contributed by atoms with Crippen LogP contribution in [-0.2, 0) is 24.2 Å². The van der Waals surface area contributed by atoms with E-state index in [9.17, 15) is 9.59 Å². The van der Waals surface area contributed by atoms with E-state index in [4.69, 9.17) is 14.2 Å². The van der Waals surface area contributed by atoms with E-state index in [1.165, 1.54) is 4.57 Å². The molecular formula is C28H28N2O5. The van der Waals surface area contributed by atoms with Gasteiger partial charge in [-0.1, -0.05) is 30.3 Å². The fourth-order valence-corrected chi connectivity index (χ4v) is 4.02. The summed E-state index contributed by atoms with van der Waals surface area (Å²) in [6.07, 6.45) is 1.30. The standard InChI is InChI=1S/C28H28N2O5/c1-33-23-12-11-20-13-21(10-9-19-7-5-4-6-8-19)28(32)30(26(20)17-23)18-27(31)29-22-14-24(34-2)16-25(15-22)35-3/h4-8,11-17H,9-10,18H2,1-3H3,(H,29,31). The lowest BCUT2D eigenvalue weighted by Crippen LogP contribution is -2.30. The maximum absolute atomic E-state index is 13.5. The van der Waals surface area contributed by atoms with E-state index in [1.54, 1.807) is 45.6 Å². The topological polar surface area (TPSA) is 78.8 Å². The first-order chi connectivity index (χ1) is 17.0. The summed E-state index contributed by atoms with van der Waals surface area (Å²) in [6.45, 7) is -0.152. The van der Waals surface area contributed by atoms with Crippen LogP contribution in [0.5, 0.6) is 17.2 Å². The molecule has 0 spiro atoms. The first-order valence-electron chi connectivity index (χ1n) is 11.3. The van der Waals surface area contributed by atoms with Gasteiger partial charge in [0.15, 0.2) is 0 Å². The minimum atomic E-state index is -0.341. The zero-order valence-electron chi connectivity index (χ0n) is 20.0. The molecule has 0 aliphatic heterocycles. The molecule has 0 saturated heterocycles. The second-order valence-electron chi connectivity index (χ2n) is 8.12. The highest BCUT2D eigenvalue weighted by Gasteiger charge is 2.15. The second-order valence-corrected chi connectivity index (χ2v) is 8.12. The van der Waals surface area contributed by atoms with Crippen LogP contribution in [0.2, 0.25) is 0 Å². The largest absolute Gasteiger partial charge is 0.497 e. The van der Waals surface area contributed by atoms with E-state index in [0.29, 0.717) is 40.4 Å². The van der Waals surface area contributed by atoms with Crippen molar-refractivity contribution in [3.05, 3.63) is 94.3 Å². The zero-order valence-corrected chi connectivity index (χ0v) is 20.0. The molecule has 3 aromatic carbocycles. The number of nitrogens with zero attached hydrogens (tertiary/aromatic N) is 1. The summed E-state index contributed by atoms with van der Waals surface area (Å²) in [5.74, 6) is 1.37. The molecule has 4 rings (SSSR count). The number of rotatable bonds is 9. The molecule has 0 fully saturated rings. The summed E-state index contributed by atoms with van der Waals surface area (Å²) in [7, 11) is 4.65. The van der Waals surface area contributed by atoms with E-state index in [-0.39, 0.29) is 18.0 Å². The number of carbonyl (C=O) groups is 1. The van der Waals surface area contributed by atoms with Crippen LogP contribution >= 0.6 is 0 Å². The molecule has 0 bridgehead atoms. The van der Waals surface area contributed by atoms with E-state index in [0.717, 1.165) is 17.4 Å². The average Bonchev–Trinajstić information content (AvgIpc) is 2.89. The lowest BCUT2D eigenvalue weighted by atomic mass is 10.0. The Bertz CT molecular complexity index is 1370. The number of pyridine rings is 1. The van der Waals surface area contributed by atoms with Crippen molar-refractivity contribution in [2.75, 3.05) is 26.6 Å². The van der Waals surface area contributed by atoms with Gasteiger partial charge in [0.1, 0.15) is 23.8 Å². The number of nitrogens with one attached hydrogen (secondary N) is 1. The van der Waals surface area contributed by atoms with Gasteiger partial charge in [0, 0.05) is 35.5 Å². The number of ether oxygens (including phenoxy) is 3. The van der Waals surface area contributed by atoms with Gasteiger partial charge in [-0.15, -0.1) is 0 Å². The zero-order chi connectivity index (χ0) is 24.8. The minimum absolute atomic E-state index is 0.152. The number of aryl methyl sites for hydroxylation is 2. The van der Waals surface area contributed by atoms with Gasteiger partial charge in [-0.3, -0.25) is 14.2 Å². The Morgan fingerprint density at radius 1 is 0.800 bits per heavy atom. The smallest absolute Gasteiger partial charge is 0.254 e. The molecule has 7 nitrogen and oxygen atoms in total. The monoisotopic (exact) mass is 472 g/mol.